The molecule has 7 heteroatoms. The Kier molecular flexibility index (Phi) is 10.8. The standard InChI is InChI=1S/C37H40FN3O3/c1-29-11-8-14-32-27-40(35(42)25-30-17-19-33(38)20-18-30)23-9-21-39(26-31-12-4-2-5-13-31)22-10-24-41(37(29)32)36(43)28-44-34-15-6-3-7-16-34/h2-8,11-20H,9-10,21-28H2,1H3. The average molecular weight is 594 g/mol. The van der Waals surface area contributed by atoms with Crippen molar-refractivity contribution in [2.45, 2.75) is 39.3 Å². The molecule has 5 rings (SSSR count). The SMILES string of the molecule is Cc1cccc2c1N(C(=O)COc1ccccc1)CCCN(Cc1ccccc1)CCCN(C(=O)Cc1ccc(F)cc1)C2. The molecule has 0 saturated heterocycles. The summed E-state index contributed by atoms with van der Waals surface area (Å²) in [5.74, 6) is 0.171. The van der Waals surface area contributed by atoms with Gasteiger partial charge >= 0.3 is 0 Å². The average Bonchev–Trinajstić information content (AvgIpc) is 3.03. The minimum atomic E-state index is -0.323. The first-order chi connectivity index (χ1) is 21.5. The molecule has 6 nitrogen and oxygen atoms in total. The summed E-state index contributed by atoms with van der Waals surface area (Å²) >= 11 is 0. The lowest BCUT2D eigenvalue weighted by Gasteiger charge is -2.32. The van der Waals surface area contributed by atoms with Crippen molar-refractivity contribution >= 4 is 17.5 Å². The zero-order valence-electron chi connectivity index (χ0n) is 25.3. The summed E-state index contributed by atoms with van der Waals surface area (Å²) in [7, 11) is 0. The molecule has 0 fully saturated rings. The number of rotatable bonds is 7. The van der Waals surface area contributed by atoms with Crippen molar-refractivity contribution in [3.05, 3.63) is 131 Å². The molecule has 0 spiro atoms. The molecule has 4 aromatic rings. The lowest BCUT2D eigenvalue weighted by Crippen LogP contribution is -2.41. The predicted molar refractivity (Wildman–Crippen MR) is 172 cm³/mol. The number of carbonyl (C=O) groups excluding carboxylic acids is 2. The highest BCUT2D eigenvalue weighted by Gasteiger charge is 2.25. The first-order valence-electron chi connectivity index (χ1n) is 15.3. The summed E-state index contributed by atoms with van der Waals surface area (Å²) in [6, 6.07) is 31.8. The number of para-hydroxylation sites is 2. The maximum atomic E-state index is 13.8. The third kappa shape index (κ3) is 8.54. The van der Waals surface area contributed by atoms with Gasteiger partial charge in [0.15, 0.2) is 6.61 Å². The summed E-state index contributed by atoms with van der Waals surface area (Å²) in [6.07, 6.45) is 1.80. The minimum absolute atomic E-state index is 0.0268. The Morgan fingerprint density at radius 2 is 1.41 bits per heavy atom. The molecule has 44 heavy (non-hydrogen) atoms. The maximum Gasteiger partial charge on any atom is 0.264 e. The number of benzene rings is 4. The zero-order chi connectivity index (χ0) is 30.7. The first kappa shape index (κ1) is 31.0. The van der Waals surface area contributed by atoms with Crippen molar-refractivity contribution in [2.24, 2.45) is 0 Å². The van der Waals surface area contributed by atoms with Crippen molar-refractivity contribution in [1.29, 1.82) is 0 Å². The monoisotopic (exact) mass is 593 g/mol. The molecule has 0 saturated carbocycles. The van der Waals surface area contributed by atoms with Crippen LogP contribution in [-0.4, -0.2) is 54.4 Å². The van der Waals surface area contributed by atoms with Crippen molar-refractivity contribution in [3.8, 4) is 5.75 Å². The molecule has 0 radical (unpaired) electrons. The molecule has 1 heterocycles. The van der Waals surface area contributed by atoms with Crippen LogP contribution in [0.2, 0.25) is 0 Å². The molecular weight excluding hydrogens is 553 g/mol. The second kappa shape index (κ2) is 15.3. The number of aryl methyl sites for hydroxylation is 1. The Morgan fingerprint density at radius 1 is 0.727 bits per heavy atom. The van der Waals surface area contributed by atoms with Crippen molar-refractivity contribution in [2.75, 3.05) is 37.7 Å². The highest BCUT2D eigenvalue weighted by Crippen LogP contribution is 2.28. The van der Waals surface area contributed by atoms with E-state index in [9.17, 15) is 14.0 Å². The van der Waals surface area contributed by atoms with Crippen LogP contribution >= 0.6 is 0 Å². The van der Waals surface area contributed by atoms with Crippen LogP contribution in [0.4, 0.5) is 10.1 Å². The van der Waals surface area contributed by atoms with Gasteiger partial charge in [-0.15, -0.1) is 0 Å². The van der Waals surface area contributed by atoms with E-state index in [1.165, 1.54) is 17.7 Å². The van der Waals surface area contributed by atoms with E-state index in [4.69, 9.17) is 4.74 Å². The van der Waals surface area contributed by atoms with Gasteiger partial charge in [0.05, 0.1) is 12.1 Å². The highest BCUT2D eigenvalue weighted by molar-refractivity contribution is 5.96. The van der Waals surface area contributed by atoms with E-state index >= 15 is 0 Å². The third-order valence-electron chi connectivity index (χ3n) is 7.99. The van der Waals surface area contributed by atoms with Crippen LogP contribution in [0.1, 0.15) is 35.1 Å². The number of ether oxygens (including phenoxy) is 1. The fourth-order valence-electron chi connectivity index (χ4n) is 5.77. The number of fused-ring (bicyclic) bond motifs is 1. The van der Waals surface area contributed by atoms with Gasteiger partial charge in [-0.3, -0.25) is 14.5 Å². The molecule has 228 valence electrons. The number of hydrogen-bond donors (Lipinski definition) is 0. The Balaban J connectivity index is 1.43. The molecule has 1 aliphatic heterocycles. The number of halogens is 1. The van der Waals surface area contributed by atoms with Gasteiger partial charge in [0.1, 0.15) is 11.6 Å². The summed E-state index contributed by atoms with van der Waals surface area (Å²) in [6.45, 7) is 5.83. The van der Waals surface area contributed by atoms with Crippen LogP contribution in [-0.2, 0) is 29.1 Å². The molecule has 0 N–H and O–H groups in total. The molecule has 2 amide bonds. The largest absolute Gasteiger partial charge is 0.484 e. The van der Waals surface area contributed by atoms with Crippen molar-refractivity contribution in [3.63, 3.8) is 0 Å². The topological polar surface area (TPSA) is 53.1 Å². The number of anilines is 1. The highest BCUT2D eigenvalue weighted by atomic mass is 19.1. The fraction of sp³-hybridized carbons (Fsp3) is 0.297. The van der Waals surface area contributed by atoms with Crippen LogP contribution in [0.3, 0.4) is 0 Å². The van der Waals surface area contributed by atoms with E-state index < -0.39 is 0 Å². The van der Waals surface area contributed by atoms with E-state index in [2.05, 4.69) is 29.2 Å². The molecule has 1 aliphatic rings. The molecular formula is C37H40FN3O3. The molecule has 0 aliphatic carbocycles. The number of nitrogens with zero attached hydrogens (tertiary/aromatic N) is 3. The van der Waals surface area contributed by atoms with E-state index in [0.717, 1.165) is 54.9 Å². The maximum absolute atomic E-state index is 13.8. The Morgan fingerprint density at radius 3 is 2.14 bits per heavy atom. The van der Waals surface area contributed by atoms with Gasteiger partial charge in [0.2, 0.25) is 5.91 Å². The van der Waals surface area contributed by atoms with Gasteiger partial charge in [-0.2, -0.15) is 0 Å². The van der Waals surface area contributed by atoms with E-state index in [1.807, 2.05) is 71.3 Å². The van der Waals surface area contributed by atoms with E-state index in [1.54, 1.807) is 12.1 Å². The minimum Gasteiger partial charge on any atom is -0.484 e. The molecule has 0 aromatic heterocycles. The van der Waals surface area contributed by atoms with Gasteiger partial charge in [-0.25, -0.2) is 4.39 Å². The number of amides is 2. The van der Waals surface area contributed by atoms with Crippen LogP contribution < -0.4 is 9.64 Å². The first-order valence-corrected chi connectivity index (χ1v) is 15.3. The Hall–Kier alpha value is -4.49. The molecule has 0 atom stereocenters. The normalized spacial score (nSPS) is 14.7. The second-order valence-electron chi connectivity index (χ2n) is 11.3. The zero-order valence-corrected chi connectivity index (χ0v) is 25.3. The smallest absolute Gasteiger partial charge is 0.264 e. The van der Waals surface area contributed by atoms with Crippen LogP contribution in [0.15, 0.2) is 103 Å². The fourth-order valence-corrected chi connectivity index (χ4v) is 5.77. The van der Waals surface area contributed by atoms with Crippen molar-refractivity contribution < 1.29 is 18.7 Å². The predicted octanol–water partition coefficient (Wildman–Crippen LogP) is 6.41. The quantitative estimate of drug-likeness (QED) is 0.248. The summed E-state index contributed by atoms with van der Waals surface area (Å²) in [5, 5.41) is 0. The van der Waals surface area contributed by atoms with Gasteiger partial charge in [-0.05, 0) is 66.3 Å². The van der Waals surface area contributed by atoms with Gasteiger partial charge in [0.25, 0.3) is 5.91 Å². The van der Waals surface area contributed by atoms with Crippen molar-refractivity contribution in [1.82, 2.24) is 9.80 Å². The molecule has 4 aromatic carbocycles. The Labute approximate surface area is 259 Å². The van der Waals surface area contributed by atoms with Crippen LogP contribution in [0.25, 0.3) is 0 Å². The number of carbonyl (C=O) groups is 2. The van der Waals surface area contributed by atoms with Crippen LogP contribution in [0.5, 0.6) is 5.75 Å². The molecule has 0 bridgehead atoms. The van der Waals surface area contributed by atoms with Gasteiger partial charge < -0.3 is 14.5 Å². The number of hydrogen-bond acceptors (Lipinski definition) is 4. The lowest BCUT2D eigenvalue weighted by molar-refractivity contribution is -0.131. The van der Waals surface area contributed by atoms with Gasteiger partial charge in [0, 0.05) is 39.3 Å². The van der Waals surface area contributed by atoms with E-state index in [0.29, 0.717) is 25.4 Å². The second-order valence-corrected chi connectivity index (χ2v) is 11.3. The summed E-state index contributed by atoms with van der Waals surface area (Å²) < 4.78 is 19.4. The van der Waals surface area contributed by atoms with Crippen LogP contribution in [0, 0.1) is 12.7 Å². The molecule has 0 unspecified atom stereocenters. The Bertz CT molecular complexity index is 1510. The van der Waals surface area contributed by atoms with E-state index in [-0.39, 0.29) is 30.7 Å². The third-order valence-corrected chi connectivity index (χ3v) is 7.99. The van der Waals surface area contributed by atoms with Gasteiger partial charge in [-0.1, -0.05) is 78.9 Å². The summed E-state index contributed by atoms with van der Waals surface area (Å²) in [4.78, 5) is 33.7. The lowest BCUT2D eigenvalue weighted by atomic mass is 10.0. The summed E-state index contributed by atoms with van der Waals surface area (Å²) in [5.41, 5.74) is 4.73.